The number of methoxy groups -OCH3 is 1. The van der Waals surface area contributed by atoms with Crippen LogP contribution < -0.4 is 9.47 Å². The maximum atomic E-state index is 11.9. The van der Waals surface area contributed by atoms with Crippen LogP contribution >= 0.6 is 0 Å². The van der Waals surface area contributed by atoms with Crippen LogP contribution in [-0.4, -0.2) is 38.9 Å². The minimum absolute atomic E-state index is 0.242. The van der Waals surface area contributed by atoms with E-state index in [0.29, 0.717) is 37.4 Å². The maximum absolute atomic E-state index is 11.9. The number of esters is 2. The molecule has 0 bridgehead atoms. The summed E-state index contributed by atoms with van der Waals surface area (Å²) in [7, 11) is 1.59. The number of ether oxygens (including phenoxy) is 4. The van der Waals surface area contributed by atoms with Gasteiger partial charge in [-0.15, -0.1) is 0 Å². The van der Waals surface area contributed by atoms with Gasteiger partial charge in [0.05, 0.1) is 26.9 Å². The molecular weight excluding hydrogens is 312 g/mol. The fourth-order valence-corrected chi connectivity index (χ4v) is 2.19. The Labute approximate surface area is 143 Å². The van der Waals surface area contributed by atoms with Crippen molar-refractivity contribution in [3.63, 3.8) is 0 Å². The first-order chi connectivity index (χ1) is 11.6. The number of benzene rings is 1. The lowest BCUT2D eigenvalue weighted by atomic mass is 10.0. The Kier molecular flexibility index (Phi) is 9.34. The highest BCUT2D eigenvalue weighted by atomic mass is 16.6. The van der Waals surface area contributed by atoms with E-state index in [1.807, 2.05) is 24.3 Å². The number of carbonyl (C=O) groups excluding carboxylic acids is 2. The zero-order valence-electron chi connectivity index (χ0n) is 14.6. The quantitative estimate of drug-likeness (QED) is 0.351. The molecule has 0 aromatic heterocycles. The van der Waals surface area contributed by atoms with Crippen LogP contribution in [0.15, 0.2) is 24.3 Å². The van der Waals surface area contributed by atoms with Gasteiger partial charge in [0.15, 0.2) is 17.4 Å². The van der Waals surface area contributed by atoms with Crippen molar-refractivity contribution in [1.82, 2.24) is 0 Å². The van der Waals surface area contributed by atoms with Gasteiger partial charge in [-0.2, -0.15) is 0 Å². The molecule has 6 nitrogen and oxygen atoms in total. The molecular formula is C18H26O6. The van der Waals surface area contributed by atoms with E-state index >= 15 is 0 Å². The highest BCUT2D eigenvalue weighted by Crippen LogP contribution is 2.26. The van der Waals surface area contributed by atoms with Gasteiger partial charge in [0, 0.05) is 0 Å². The lowest BCUT2D eigenvalue weighted by Gasteiger charge is -2.14. The van der Waals surface area contributed by atoms with E-state index in [0.717, 1.165) is 0 Å². The minimum Gasteiger partial charge on any atom is -0.493 e. The van der Waals surface area contributed by atoms with E-state index in [1.54, 1.807) is 21.0 Å². The topological polar surface area (TPSA) is 71.1 Å². The molecule has 0 unspecified atom stereocenters. The fourth-order valence-electron chi connectivity index (χ4n) is 2.19. The van der Waals surface area contributed by atoms with Gasteiger partial charge in [-0.3, -0.25) is 9.59 Å². The Bertz CT molecular complexity index is 496. The third-order valence-electron chi connectivity index (χ3n) is 3.36. The largest absolute Gasteiger partial charge is 0.493 e. The fraction of sp³-hybridized carbons (Fsp3) is 0.556. The first-order valence-electron chi connectivity index (χ1n) is 8.23. The highest BCUT2D eigenvalue weighted by Gasteiger charge is 2.28. The first-order valence-corrected chi connectivity index (χ1v) is 8.23. The number of carbonyl (C=O) groups is 2. The molecule has 0 saturated carbocycles. The van der Waals surface area contributed by atoms with E-state index in [2.05, 4.69) is 0 Å². The molecule has 134 valence electrons. The van der Waals surface area contributed by atoms with Gasteiger partial charge >= 0.3 is 11.9 Å². The second-order valence-corrected chi connectivity index (χ2v) is 5.05. The van der Waals surface area contributed by atoms with Crippen molar-refractivity contribution < 1.29 is 28.5 Å². The zero-order valence-corrected chi connectivity index (χ0v) is 14.6. The second-order valence-electron chi connectivity index (χ2n) is 5.05. The summed E-state index contributed by atoms with van der Waals surface area (Å²) in [5.41, 5.74) is 0. The highest BCUT2D eigenvalue weighted by molar-refractivity contribution is 5.94. The van der Waals surface area contributed by atoms with Gasteiger partial charge in [-0.05, 0) is 45.2 Å². The Morgan fingerprint density at radius 2 is 1.54 bits per heavy atom. The van der Waals surface area contributed by atoms with Crippen molar-refractivity contribution in [1.29, 1.82) is 0 Å². The predicted octanol–water partition coefficient (Wildman–Crippen LogP) is 2.99. The molecule has 0 atom stereocenters. The molecule has 0 heterocycles. The van der Waals surface area contributed by atoms with Crippen molar-refractivity contribution in [2.45, 2.75) is 33.1 Å². The van der Waals surface area contributed by atoms with E-state index in [-0.39, 0.29) is 13.2 Å². The summed E-state index contributed by atoms with van der Waals surface area (Å²) in [6.07, 6.45) is 1.73. The van der Waals surface area contributed by atoms with Gasteiger partial charge in [-0.25, -0.2) is 0 Å². The molecule has 0 fully saturated rings. The predicted molar refractivity (Wildman–Crippen MR) is 89.1 cm³/mol. The number of unbranched alkanes of at least 4 members (excludes halogenated alkanes) is 1. The van der Waals surface area contributed by atoms with E-state index in [1.165, 1.54) is 0 Å². The van der Waals surface area contributed by atoms with Gasteiger partial charge in [0.25, 0.3) is 0 Å². The summed E-state index contributed by atoms with van der Waals surface area (Å²) in [5.74, 6) is -0.569. The standard InChI is InChI=1S/C18H26O6/c1-4-22-17(19)14(18(20)23-5-2)10-8-9-13-24-16-12-7-6-11-15(16)21-3/h6-7,11-12,14H,4-5,8-10,13H2,1-3H3. The molecule has 24 heavy (non-hydrogen) atoms. The van der Waals surface area contributed by atoms with Crippen LogP contribution in [0.3, 0.4) is 0 Å². The maximum Gasteiger partial charge on any atom is 0.320 e. The van der Waals surface area contributed by atoms with Gasteiger partial charge in [0.1, 0.15) is 0 Å². The third kappa shape index (κ3) is 6.48. The average molecular weight is 338 g/mol. The first kappa shape index (κ1) is 19.8. The zero-order chi connectivity index (χ0) is 17.8. The van der Waals surface area contributed by atoms with E-state index < -0.39 is 17.9 Å². The van der Waals surface area contributed by atoms with Crippen molar-refractivity contribution in [3.8, 4) is 11.5 Å². The van der Waals surface area contributed by atoms with Crippen LogP contribution in [0.5, 0.6) is 11.5 Å². The van der Waals surface area contributed by atoms with Crippen LogP contribution in [0.25, 0.3) is 0 Å². The summed E-state index contributed by atoms with van der Waals surface area (Å²) in [6, 6.07) is 7.40. The molecule has 1 rings (SSSR count). The molecule has 0 aliphatic carbocycles. The molecule has 1 aromatic rings. The minimum atomic E-state index is -0.865. The SMILES string of the molecule is CCOC(=O)C(CCCCOc1ccccc1OC)C(=O)OCC. The van der Waals surface area contributed by atoms with Crippen molar-refractivity contribution in [3.05, 3.63) is 24.3 Å². The van der Waals surface area contributed by atoms with Crippen molar-refractivity contribution in [2.75, 3.05) is 26.9 Å². The lowest BCUT2D eigenvalue weighted by molar-refractivity contribution is -0.162. The van der Waals surface area contributed by atoms with E-state index in [9.17, 15) is 9.59 Å². The summed E-state index contributed by atoms with van der Waals surface area (Å²) in [6.45, 7) is 4.37. The molecule has 6 heteroatoms. The number of hydrogen-bond donors (Lipinski definition) is 0. The number of para-hydroxylation sites is 2. The Hall–Kier alpha value is -2.24. The molecule has 0 aliphatic heterocycles. The van der Waals surface area contributed by atoms with Gasteiger partial charge < -0.3 is 18.9 Å². The summed E-state index contributed by atoms with van der Waals surface area (Å²) < 4.78 is 20.8. The van der Waals surface area contributed by atoms with Gasteiger partial charge in [0.2, 0.25) is 0 Å². The molecule has 0 amide bonds. The second kappa shape index (κ2) is 11.3. The van der Waals surface area contributed by atoms with Crippen LogP contribution in [0.2, 0.25) is 0 Å². The van der Waals surface area contributed by atoms with Gasteiger partial charge in [-0.1, -0.05) is 12.1 Å². The Morgan fingerprint density at radius 1 is 0.958 bits per heavy atom. The van der Waals surface area contributed by atoms with Crippen LogP contribution in [0.1, 0.15) is 33.1 Å². The summed E-state index contributed by atoms with van der Waals surface area (Å²) >= 11 is 0. The van der Waals surface area contributed by atoms with Crippen LogP contribution in [-0.2, 0) is 19.1 Å². The third-order valence-corrected chi connectivity index (χ3v) is 3.36. The monoisotopic (exact) mass is 338 g/mol. The average Bonchev–Trinajstić information content (AvgIpc) is 2.58. The van der Waals surface area contributed by atoms with Crippen LogP contribution in [0.4, 0.5) is 0 Å². The molecule has 0 saturated heterocycles. The smallest absolute Gasteiger partial charge is 0.320 e. The normalized spacial score (nSPS) is 10.3. The molecule has 0 spiro atoms. The Balaban J connectivity index is 2.41. The van der Waals surface area contributed by atoms with Crippen molar-refractivity contribution >= 4 is 11.9 Å². The van der Waals surface area contributed by atoms with Crippen LogP contribution in [0, 0.1) is 5.92 Å². The summed E-state index contributed by atoms with van der Waals surface area (Å²) in [4.78, 5) is 23.7. The molecule has 1 aromatic carbocycles. The lowest BCUT2D eigenvalue weighted by Crippen LogP contribution is -2.28. The molecule has 0 aliphatic rings. The Morgan fingerprint density at radius 3 is 2.08 bits per heavy atom. The van der Waals surface area contributed by atoms with Crippen molar-refractivity contribution in [2.24, 2.45) is 5.92 Å². The summed E-state index contributed by atoms with van der Waals surface area (Å²) in [5, 5.41) is 0. The molecule has 0 N–H and O–H groups in total. The number of hydrogen-bond acceptors (Lipinski definition) is 6. The molecule has 0 radical (unpaired) electrons. The number of rotatable bonds is 11. The van der Waals surface area contributed by atoms with E-state index in [4.69, 9.17) is 18.9 Å².